The van der Waals surface area contributed by atoms with Crippen LogP contribution in [0.3, 0.4) is 0 Å². The van der Waals surface area contributed by atoms with Crippen LogP contribution in [0.15, 0.2) is 0 Å². The lowest BCUT2D eigenvalue weighted by Gasteiger charge is -2.25. The van der Waals surface area contributed by atoms with Gasteiger partial charge in [0.1, 0.15) is 0 Å². The van der Waals surface area contributed by atoms with Crippen LogP contribution in [0.4, 0.5) is 4.79 Å². The van der Waals surface area contributed by atoms with Gasteiger partial charge in [-0.3, -0.25) is 4.79 Å². The van der Waals surface area contributed by atoms with Crippen LogP contribution in [0.1, 0.15) is 52.9 Å². The second-order valence-electron chi connectivity index (χ2n) is 6.29. The maximum Gasteiger partial charge on any atom is 0.317 e. The number of carboxylic acid groups (broad SMARTS) is 1. The lowest BCUT2D eigenvalue weighted by Crippen LogP contribution is -2.44. The number of amides is 2. The molecule has 0 saturated carbocycles. The highest BCUT2D eigenvalue weighted by molar-refractivity contribution is 5.74. The topological polar surface area (TPSA) is 69.6 Å². The van der Waals surface area contributed by atoms with E-state index in [9.17, 15) is 9.59 Å². The maximum atomic E-state index is 12.1. The standard InChI is InChI=1S/C14H26N2O3/c1-11(5-6-12(17)18)15-13(19)16-9-4-7-14(2,3)8-10-16/h11H,4-10H2,1-3H3,(H,15,19)(H,17,18). The monoisotopic (exact) mass is 270 g/mol. The number of nitrogens with one attached hydrogen (secondary N) is 1. The lowest BCUT2D eigenvalue weighted by atomic mass is 9.85. The minimum atomic E-state index is -0.822. The van der Waals surface area contributed by atoms with Crippen molar-refractivity contribution in [3.8, 4) is 0 Å². The van der Waals surface area contributed by atoms with Crippen molar-refractivity contribution in [2.24, 2.45) is 5.41 Å². The Balaban J connectivity index is 2.38. The van der Waals surface area contributed by atoms with Gasteiger partial charge in [-0.25, -0.2) is 4.79 Å². The van der Waals surface area contributed by atoms with Crippen LogP contribution in [0.2, 0.25) is 0 Å². The first kappa shape index (κ1) is 15.8. The van der Waals surface area contributed by atoms with Crippen molar-refractivity contribution in [3.63, 3.8) is 0 Å². The molecule has 1 saturated heterocycles. The quantitative estimate of drug-likeness (QED) is 0.824. The Morgan fingerprint density at radius 3 is 2.63 bits per heavy atom. The number of urea groups is 1. The molecule has 0 aliphatic carbocycles. The predicted molar refractivity (Wildman–Crippen MR) is 74.1 cm³/mol. The van der Waals surface area contributed by atoms with Gasteiger partial charge in [0.2, 0.25) is 0 Å². The molecule has 0 radical (unpaired) electrons. The molecule has 0 aromatic rings. The average Bonchev–Trinajstić information content (AvgIpc) is 2.47. The molecule has 2 N–H and O–H groups in total. The summed E-state index contributed by atoms with van der Waals surface area (Å²) in [5.41, 5.74) is 0.309. The molecule has 5 nitrogen and oxygen atoms in total. The highest BCUT2D eigenvalue weighted by Crippen LogP contribution is 2.29. The van der Waals surface area contributed by atoms with Gasteiger partial charge in [0.15, 0.2) is 0 Å². The van der Waals surface area contributed by atoms with Crippen LogP contribution >= 0.6 is 0 Å². The molecule has 1 aliphatic rings. The molecule has 0 spiro atoms. The number of carbonyl (C=O) groups excluding carboxylic acids is 1. The molecule has 1 rings (SSSR count). The summed E-state index contributed by atoms with van der Waals surface area (Å²) in [6.07, 6.45) is 3.76. The van der Waals surface area contributed by atoms with Gasteiger partial charge >= 0.3 is 12.0 Å². The third kappa shape index (κ3) is 5.94. The molecule has 0 aromatic heterocycles. The average molecular weight is 270 g/mol. The molecule has 1 aliphatic heterocycles. The van der Waals surface area contributed by atoms with Crippen LogP contribution in [0.25, 0.3) is 0 Å². The molecule has 0 bridgehead atoms. The highest BCUT2D eigenvalue weighted by atomic mass is 16.4. The summed E-state index contributed by atoms with van der Waals surface area (Å²) in [5.74, 6) is -0.822. The van der Waals surface area contributed by atoms with Gasteiger partial charge in [0.25, 0.3) is 0 Å². The van der Waals surface area contributed by atoms with E-state index in [0.29, 0.717) is 11.8 Å². The number of likely N-dealkylation sites (tertiary alicyclic amines) is 1. The first-order chi connectivity index (χ1) is 8.80. The maximum absolute atomic E-state index is 12.1. The Labute approximate surface area is 115 Å². The first-order valence-electron chi connectivity index (χ1n) is 7.07. The Morgan fingerprint density at radius 2 is 2.00 bits per heavy atom. The molecule has 110 valence electrons. The van der Waals surface area contributed by atoms with Crippen molar-refractivity contribution < 1.29 is 14.7 Å². The smallest absolute Gasteiger partial charge is 0.317 e. The van der Waals surface area contributed by atoms with E-state index in [0.717, 1.165) is 32.4 Å². The van der Waals surface area contributed by atoms with Crippen molar-refractivity contribution >= 4 is 12.0 Å². The highest BCUT2D eigenvalue weighted by Gasteiger charge is 2.25. The molecule has 0 aromatic carbocycles. The van der Waals surface area contributed by atoms with E-state index in [2.05, 4.69) is 19.2 Å². The van der Waals surface area contributed by atoms with Gasteiger partial charge in [-0.2, -0.15) is 0 Å². The summed E-state index contributed by atoms with van der Waals surface area (Å²) in [6.45, 7) is 7.90. The van der Waals surface area contributed by atoms with E-state index < -0.39 is 5.97 Å². The van der Waals surface area contributed by atoms with Crippen molar-refractivity contribution in [3.05, 3.63) is 0 Å². The van der Waals surface area contributed by atoms with Crippen molar-refractivity contribution in [1.82, 2.24) is 10.2 Å². The molecule has 2 amide bonds. The van der Waals surface area contributed by atoms with Crippen molar-refractivity contribution in [2.45, 2.75) is 58.9 Å². The number of hydrogen-bond donors (Lipinski definition) is 2. The zero-order valence-corrected chi connectivity index (χ0v) is 12.2. The van der Waals surface area contributed by atoms with E-state index in [1.807, 2.05) is 11.8 Å². The van der Waals surface area contributed by atoms with Gasteiger partial charge < -0.3 is 15.3 Å². The molecule has 5 heteroatoms. The summed E-state index contributed by atoms with van der Waals surface area (Å²) in [5, 5.41) is 11.5. The Bertz CT molecular complexity index is 329. The van der Waals surface area contributed by atoms with E-state index in [1.165, 1.54) is 0 Å². The molecular formula is C14H26N2O3. The fourth-order valence-corrected chi connectivity index (χ4v) is 2.34. The van der Waals surface area contributed by atoms with Gasteiger partial charge in [-0.1, -0.05) is 13.8 Å². The number of carbonyl (C=O) groups is 2. The summed E-state index contributed by atoms with van der Waals surface area (Å²) >= 11 is 0. The summed E-state index contributed by atoms with van der Waals surface area (Å²) < 4.78 is 0. The minimum Gasteiger partial charge on any atom is -0.481 e. The Hall–Kier alpha value is -1.26. The van der Waals surface area contributed by atoms with Crippen LogP contribution in [0.5, 0.6) is 0 Å². The fourth-order valence-electron chi connectivity index (χ4n) is 2.34. The molecule has 1 atom stereocenters. The van der Waals surface area contributed by atoms with Gasteiger partial charge in [-0.15, -0.1) is 0 Å². The third-order valence-corrected chi connectivity index (χ3v) is 3.79. The Morgan fingerprint density at radius 1 is 1.32 bits per heavy atom. The normalized spacial score (nSPS) is 20.5. The molecule has 19 heavy (non-hydrogen) atoms. The van der Waals surface area contributed by atoms with Crippen LogP contribution in [0, 0.1) is 5.41 Å². The van der Waals surface area contributed by atoms with Crippen molar-refractivity contribution in [2.75, 3.05) is 13.1 Å². The van der Waals surface area contributed by atoms with Crippen LogP contribution < -0.4 is 5.32 Å². The minimum absolute atomic E-state index is 0.0596. The van der Waals surface area contributed by atoms with Gasteiger partial charge in [0.05, 0.1) is 0 Å². The number of carboxylic acids is 1. The largest absolute Gasteiger partial charge is 0.481 e. The van der Waals surface area contributed by atoms with E-state index in [-0.39, 0.29) is 18.5 Å². The van der Waals surface area contributed by atoms with Crippen molar-refractivity contribution in [1.29, 1.82) is 0 Å². The van der Waals surface area contributed by atoms with Crippen LogP contribution in [-0.4, -0.2) is 41.1 Å². The zero-order valence-electron chi connectivity index (χ0n) is 12.2. The first-order valence-corrected chi connectivity index (χ1v) is 7.07. The number of rotatable bonds is 4. The SMILES string of the molecule is CC(CCC(=O)O)NC(=O)N1CCCC(C)(C)CC1. The summed E-state index contributed by atoms with van der Waals surface area (Å²) in [6, 6.07) is -0.157. The molecule has 1 unspecified atom stereocenters. The summed E-state index contributed by atoms with van der Waals surface area (Å²) in [7, 11) is 0. The van der Waals surface area contributed by atoms with E-state index in [1.54, 1.807) is 0 Å². The van der Waals surface area contributed by atoms with Crippen LogP contribution in [-0.2, 0) is 4.79 Å². The zero-order chi connectivity index (χ0) is 14.5. The van der Waals surface area contributed by atoms with E-state index >= 15 is 0 Å². The van der Waals surface area contributed by atoms with Gasteiger partial charge in [-0.05, 0) is 38.0 Å². The second-order valence-corrected chi connectivity index (χ2v) is 6.29. The lowest BCUT2D eigenvalue weighted by molar-refractivity contribution is -0.137. The van der Waals surface area contributed by atoms with Gasteiger partial charge in [0, 0.05) is 25.6 Å². The summed E-state index contributed by atoms with van der Waals surface area (Å²) in [4.78, 5) is 24.4. The molecule has 1 heterocycles. The number of nitrogens with zero attached hydrogens (tertiary/aromatic N) is 1. The van der Waals surface area contributed by atoms with E-state index in [4.69, 9.17) is 5.11 Å². The molecule has 1 fully saturated rings. The predicted octanol–water partition coefficient (Wildman–Crippen LogP) is 2.46. The number of hydrogen-bond acceptors (Lipinski definition) is 2. The fraction of sp³-hybridized carbons (Fsp3) is 0.857. The Kier molecular flexibility index (Phi) is 5.63. The second kappa shape index (κ2) is 6.78. The number of aliphatic carboxylic acids is 1. The third-order valence-electron chi connectivity index (χ3n) is 3.79. The molecular weight excluding hydrogens is 244 g/mol.